The van der Waals surface area contributed by atoms with Crippen LogP contribution in [0.5, 0.6) is 0 Å². The standard InChI is InChI=1S/C17H20N2O3S/c1-19(2)17(20)15-8-6-7-14(13-15)11-12-18-23(21,22)16-9-4-3-5-10-16/h3-10,13,18H,11-12H2,1-2H3. The van der Waals surface area contributed by atoms with Crippen molar-refractivity contribution in [3.63, 3.8) is 0 Å². The van der Waals surface area contributed by atoms with Crippen LogP contribution in [0.1, 0.15) is 15.9 Å². The molecule has 0 unspecified atom stereocenters. The Morgan fingerprint density at radius 3 is 2.39 bits per heavy atom. The van der Waals surface area contributed by atoms with E-state index in [1.165, 1.54) is 4.90 Å². The molecule has 0 spiro atoms. The van der Waals surface area contributed by atoms with Crippen LogP contribution in [0.4, 0.5) is 0 Å². The molecule has 0 saturated carbocycles. The van der Waals surface area contributed by atoms with Gasteiger partial charge in [0.25, 0.3) is 5.91 Å². The molecule has 0 aromatic heterocycles. The first-order valence-electron chi connectivity index (χ1n) is 7.25. The van der Waals surface area contributed by atoms with Crippen LogP contribution in [-0.2, 0) is 16.4 Å². The van der Waals surface area contributed by atoms with Gasteiger partial charge in [-0.25, -0.2) is 13.1 Å². The average molecular weight is 332 g/mol. The van der Waals surface area contributed by atoms with Gasteiger partial charge in [0.2, 0.25) is 10.0 Å². The topological polar surface area (TPSA) is 66.5 Å². The summed E-state index contributed by atoms with van der Waals surface area (Å²) in [6.07, 6.45) is 0.514. The molecule has 0 atom stereocenters. The lowest BCUT2D eigenvalue weighted by Gasteiger charge is -2.11. The monoisotopic (exact) mass is 332 g/mol. The first-order chi connectivity index (χ1) is 10.9. The van der Waals surface area contributed by atoms with Crippen molar-refractivity contribution in [2.75, 3.05) is 20.6 Å². The summed E-state index contributed by atoms with van der Waals surface area (Å²) in [7, 11) is -0.101. The summed E-state index contributed by atoms with van der Waals surface area (Å²) in [5, 5.41) is 0. The summed E-state index contributed by atoms with van der Waals surface area (Å²) in [4.78, 5) is 13.7. The van der Waals surface area contributed by atoms with E-state index in [0.29, 0.717) is 12.0 Å². The smallest absolute Gasteiger partial charge is 0.253 e. The van der Waals surface area contributed by atoms with Crippen molar-refractivity contribution in [1.82, 2.24) is 9.62 Å². The van der Waals surface area contributed by atoms with Gasteiger partial charge in [-0.15, -0.1) is 0 Å². The molecule has 122 valence electrons. The van der Waals surface area contributed by atoms with Crippen molar-refractivity contribution in [2.45, 2.75) is 11.3 Å². The summed E-state index contributed by atoms with van der Waals surface area (Å²) in [6, 6.07) is 15.5. The molecule has 0 saturated heterocycles. The van der Waals surface area contributed by atoms with E-state index in [0.717, 1.165) is 5.56 Å². The van der Waals surface area contributed by atoms with E-state index in [1.807, 2.05) is 6.07 Å². The Morgan fingerprint density at radius 1 is 1.04 bits per heavy atom. The van der Waals surface area contributed by atoms with Gasteiger partial charge in [-0.05, 0) is 36.2 Å². The Bertz CT molecular complexity index is 771. The number of nitrogens with one attached hydrogen (secondary N) is 1. The zero-order valence-electron chi connectivity index (χ0n) is 13.2. The third-order valence-corrected chi connectivity index (χ3v) is 4.82. The van der Waals surface area contributed by atoms with Crippen molar-refractivity contribution >= 4 is 15.9 Å². The van der Waals surface area contributed by atoms with Crippen molar-refractivity contribution in [2.24, 2.45) is 0 Å². The Labute approximate surface area is 137 Å². The Morgan fingerprint density at radius 2 is 1.74 bits per heavy atom. The summed E-state index contributed by atoms with van der Waals surface area (Å²) in [5.41, 5.74) is 1.51. The number of nitrogens with zero attached hydrogens (tertiary/aromatic N) is 1. The molecule has 0 aliphatic rings. The second-order valence-electron chi connectivity index (χ2n) is 5.36. The van der Waals surface area contributed by atoms with E-state index < -0.39 is 10.0 Å². The lowest BCUT2D eigenvalue weighted by atomic mass is 10.1. The minimum Gasteiger partial charge on any atom is -0.345 e. The Hall–Kier alpha value is -2.18. The van der Waals surface area contributed by atoms with Crippen LogP contribution in [0.25, 0.3) is 0 Å². The van der Waals surface area contributed by atoms with Crippen LogP contribution in [0.15, 0.2) is 59.5 Å². The van der Waals surface area contributed by atoms with E-state index in [4.69, 9.17) is 0 Å². The number of carbonyl (C=O) groups is 1. The Kier molecular flexibility index (Phi) is 5.52. The summed E-state index contributed by atoms with van der Waals surface area (Å²) in [6.45, 7) is 0.275. The minimum atomic E-state index is -3.50. The van der Waals surface area contributed by atoms with Gasteiger partial charge in [0.1, 0.15) is 0 Å². The van der Waals surface area contributed by atoms with E-state index in [-0.39, 0.29) is 17.3 Å². The average Bonchev–Trinajstić information content (AvgIpc) is 2.55. The molecule has 0 heterocycles. The normalized spacial score (nSPS) is 11.2. The molecule has 0 aliphatic heterocycles. The molecule has 0 aliphatic carbocycles. The fourth-order valence-corrected chi connectivity index (χ4v) is 3.18. The fraction of sp³-hybridized carbons (Fsp3) is 0.235. The molecule has 0 radical (unpaired) electrons. The number of hydrogen-bond donors (Lipinski definition) is 1. The van der Waals surface area contributed by atoms with Crippen LogP contribution < -0.4 is 4.72 Å². The quantitative estimate of drug-likeness (QED) is 0.879. The SMILES string of the molecule is CN(C)C(=O)c1cccc(CCNS(=O)(=O)c2ccccc2)c1. The zero-order chi connectivity index (χ0) is 16.9. The molecule has 2 aromatic rings. The number of sulfonamides is 1. The molecule has 1 amide bonds. The minimum absolute atomic E-state index is 0.0725. The lowest BCUT2D eigenvalue weighted by Crippen LogP contribution is -2.26. The summed E-state index contributed by atoms with van der Waals surface area (Å²) >= 11 is 0. The van der Waals surface area contributed by atoms with Crippen molar-refractivity contribution in [3.05, 3.63) is 65.7 Å². The Balaban J connectivity index is 1.99. The van der Waals surface area contributed by atoms with Crippen LogP contribution in [0.2, 0.25) is 0 Å². The highest BCUT2D eigenvalue weighted by Crippen LogP contribution is 2.09. The van der Waals surface area contributed by atoms with Gasteiger partial charge in [-0.1, -0.05) is 30.3 Å². The van der Waals surface area contributed by atoms with E-state index in [2.05, 4.69) is 4.72 Å². The highest BCUT2D eigenvalue weighted by Gasteiger charge is 2.13. The maximum Gasteiger partial charge on any atom is 0.253 e. The molecule has 1 N–H and O–H groups in total. The van der Waals surface area contributed by atoms with Gasteiger partial charge in [-0.2, -0.15) is 0 Å². The summed E-state index contributed by atoms with van der Waals surface area (Å²) < 4.78 is 26.8. The van der Waals surface area contributed by atoms with Gasteiger partial charge in [0.15, 0.2) is 0 Å². The molecule has 23 heavy (non-hydrogen) atoms. The number of carbonyl (C=O) groups excluding carboxylic acids is 1. The second kappa shape index (κ2) is 7.39. The van der Waals surface area contributed by atoms with E-state index in [1.54, 1.807) is 62.6 Å². The van der Waals surface area contributed by atoms with Crippen LogP contribution in [0, 0.1) is 0 Å². The van der Waals surface area contributed by atoms with Crippen molar-refractivity contribution in [3.8, 4) is 0 Å². The van der Waals surface area contributed by atoms with Gasteiger partial charge in [-0.3, -0.25) is 4.79 Å². The molecule has 2 rings (SSSR count). The fourth-order valence-electron chi connectivity index (χ4n) is 2.13. The maximum absolute atomic E-state index is 12.1. The maximum atomic E-state index is 12.1. The first-order valence-corrected chi connectivity index (χ1v) is 8.74. The zero-order valence-corrected chi connectivity index (χ0v) is 14.0. The number of benzene rings is 2. The molecular weight excluding hydrogens is 312 g/mol. The van der Waals surface area contributed by atoms with Gasteiger partial charge < -0.3 is 4.90 Å². The van der Waals surface area contributed by atoms with Crippen LogP contribution in [-0.4, -0.2) is 39.9 Å². The molecule has 0 fully saturated rings. The van der Waals surface area contributed by atoms with Gasteiger partial charge in [0.05, 0.1) is 4.90 Å². The predicted molar refractivity (Wildman–Crippen MR) is 89.8 cm³/mol. The molecular formula is C17H20N2O3S. The molecule has 2 aromatic carbocycles. The largest absolute Gasteiger partial charge is 0.345 e. The third kappa shape index (κ3) is 4.64. The lowest BCUT2D eigenvalue weighted by molar-refractivity contribution is 0.0827. The number of rotatable bonds is 6. The first kappa shape index (κ1) is 17.2. The van der Waals surface area contributed by atoms with E-state index >= 15 is 0 Å². The van der Waals surface area contributed by atoms with Crippen molar-refractivity contribution in [1.29, 1.82) is 0 Å². The molecule has 6 heteroatoms. The molecule has 0 bridgehead atoms. The van der Waals surface area contributed by atoms with Crippen molar-refractivity contribution < 1.29 is 13.2 Å². The van der Waals surface area contributed by atoms with Gasteiger partial charge >= 0.3 is 0 Å². The van der Waals surface area contributed by atoms with Crippen LogP contribution in [0.3, 0.4) is 0 Å². The predicted octanol–water partition coefficient (Wildman–Crippen LogP) is 1.91. The second-order valence-corrected chi connectivity index (χ2v) is 7.13. The number of amides is 1. The highest BCUT2D eigenvalue weighted by atomic mass is 32.2. The summed E-state index contributed by atoms with van der Waals surface area (Å²) in [5.74, 6) is -0.0725. The van der Waals surface area contributed by atoms with E-state index in [9.17, 15) is 13.2 Å². The van der Waals surface area contributed by atoms with Crippen LogP contribution >= 0.6 is 0 Å². The molecule has 5 nitrogen and oxygen atoms in total. The third-order valence-electron chi connectivity index (χ3n) is 3.34. The van der Waals surface area contributed by atoms with Gasteiger partial charge in [0, 0.05) is 26.2 Å². The number of hydrogen-bond acceptors (Lipinski definition) is 3. The highest BCUT2D eigenvalue weighted by molar-refractivity contribution is 7.89.